The summed E-state index contributed by atoms with van der Waals surface area (Å²) in [6.07, 6.45) is -6.27. The van der Waals surface area contributed by atoms with Crippen molar-refractivity contribution in [1.29, 1.82) is 0 Å². The number of carbonyl (C=O) groups is 2. The molecule has 0 aromatic heterocycles. The van der Waals surface area contributed by atoms with Crippen LogP contribution >= 0.6 is 0 Å². The third-order valence-corrected chi connectivity index (χ3v) is 4.56. The summed E-state index contributed by atoms with van der Waals surface area (Å²) >= 11 is 0. The highest BCUT2D eigenvalue weighted by molar-refractivity contribution is 7.89. The molecule has 0 spiro atoms. The molecule has 1 N–H and O–H groups in total. The van der Waals surface area contributed by atoms with Crippen LogP contribution in [0.4, 0.5) is 13.2 Å². The smallest absolute Gasteiger partial charge is 0.294 e. The molecule has 0 aliphatic carbocycles. The first-order chi connectivity index (χ1) is 8.53. The zero-order valence-electron chi connectivity index (χ0n) is 10.0. The standard InChI is InChI=1S/C9H13F3N2O4S/c1-6-8(16)13-7(15)5-14(6)19(17,18)4-2-3-9(10,11)12/h6H,2-5H2,1H3,(H,13,15,16). The number of carbonyl (C=O) groups excluding carboxylic acids is 2. The number of imide groups is 1. The number of rotatable bonds is 4. The van der Waals surface area contributed by atoms with E-state index in [0.29, 0.717) is 4.31 Å². The average Bonchev–Trinajstić information content (AvgIpc) is 2.20. The fraction of sp³-hybridized carbons (Fsp3) is 0.778. The van der Waals surface area contributed by atoms with Crippen molar-refractivity contribution < 1.29 is 31.2 Å². The average molecular weight is 302 g/mol. The van der Waals surface area contributed by atoms with E-state index in [4.69, 9.17) is 0 Å². The van der Waals surface area contributed by atoms with Crippen LogP contribution in [0, 0.1) is 0 Å². The van der Waals surface area contributed by atoms with E-state index in [2.05, 4.69) is 0 Å². The Morgan fingerprint density at radius 3 is 2.47 bits per heavy atom. The molecule has 0 aromatic rings. The highest BCUT2D eigenvalue weighted by Crippen LogP contribution is 2.22. The Morgan fingerprint density at radius 2 is 1.95 bits per heavy atom. The molecule has 1 atom stereocenters. The normalized spacial score (nSPS) is 22.4. The molecular formula is C9H13F3N2O4S. The van der Waals surface area contributed by atoms with Gasteiger partial charge in [0.25, 0.3) is 0 Å². The van der Waals surface area contributed by atoms with E-state index in [1.165, 1.54) is 6.92 Å². The van der Waals surface area contributed by atoms with Gasteiger partial charge in [-0.15, -0.1) is 0 Å². The van der Waals surface area contributed by atoms with E-state index < -0.39 is 59.2 Å². The van der Waals surface area contributed by atoms with Gasteiger partial charge in [0.1, 0.15) is 6.04 Å². The van der Waals surface area contributed by atoms with Gasteiger partial charge < -0.3 is 0 Å². The quantitative estimate of drug-likeness (QED) is 0.741. The number of piperazine rings is 1. The number of nitrogens with one attached hydrogen (secondary N) is 1. The molecule has 19 heavy (non-hydrogen) atoms. The Bertz CT molecular complexity index is 474. The topological polar surface area (TPSA) is 83.6 Å². The summed E-state index contributed by atoms with van der Waals surface area (Å²) in [6, 6.07) is -1.10. The van der Waals surface area contributed by atoms with E-state index >= 15 is 0 Å². The lowest BCUT2D eigenvalue weighted by molar-refractivity contribution is -0.137. The molecular weight excluding hydrogens is 289 g/mol. The minimum atomic E-state index is -4.43. The van der Waals surface area contributed by atoms with Gasteiger partial charge in [0, 0.05) is 6.42 Å². The number of alkyl halides is 3. The monoisotopic (exact) mass is 302 g/mol. The van der Waals surface area contributed by atoms with Crippen LogP contribution in [-0.4, -0.2) is 49.1 Å². The molecule has 1 heterocycles. The lowest BCUT2D eigenvalue weighted by atomic mass is 10.2. The molecule has 2 amide bonds. The van der Waals surface area contributed by atoms with Crippen molar-refractivity contribution in [3.05, 3.63) is 0 Å². The molecule has 1 rings (SSSR count). The zero-order valence-corrected chi connectivity index (χ0v) is 10.8. The molecule has 1 fully saturated rings. The summed E-state index contributed by atoms with van der Waals surface area (Å²) < 4.78 is 60.1. The molecule has 6 nitrogen and oxygen atoms in total. The van der Waals surface area contributed by atoms with Gasteiger partial charge in [-0.1, -0.05) is 0 Å². The van der Waals surface area contributed by atoms with Gasteiger partial charge in [-0.2, -0.15) is 17.5 Å². The van der Waals surface area contributed by atoms with Crippen molar-refractivity contribution in [2.24, 2.45) is 0 Å². The van der Waals surface area contributed by atoms with Crippen LogP contribution < -0.4 is 5.32 Å². The first-order valence-electron chi connectivity index (χ1n) is 5.43. The van der Waals surface area contributed by atoms with Crippen molar-refractivity contribution in [2.75, 3.05) is 12.3 Å². The second-order valence-electron chi connectivity index (χ2n) is 4.17. The Morgan fingerprint density at radius 1 is 1.37 bits per heavy atom. The van der Waals surface area contributed by atoms with Crippen LogP contribution in [0.5, 0.6) is 0 Å². The van der Waals surface area contributed by atoms with E-state index in [9.17, 15) is 31.2 Å². The summed E-state index contributed by atoms with van der Waals surface area (Å²) in [6.45, 7) is 0.713. The summed E-state index contributed by atoms with van der Waals surface area (Å²) in [5.74, 6) is -2.32. The fourth-order valence-electron chi connectivity index (χ4n) is 1.60. The molecule has 110 valence electrons. The molecule has 1 aliphatic heterocycles. The second-order valence-corrected chi connectivity index (χ2v) is 6.21. The van der Waals surface area contributed by atoms with Crippen LogP contribution in [0.2, 0.25) is 0 Å². The van der Waals surface area contributed by atoms with Crippen LogP contribution in [0.3, 0.4) is 0 Å². The Labute approximate surface area is 108 Å². The van der Waals surface area contributed by atoms with Crippen molar-refractivity contribution >= 4 is 21.8 Å². The summed E-state index contributed by atoms with van der Waals surface area (Å²) in [7, 11) is -4.07. The first-order valence-corrected chi connectivity index (χ1v) is 7.04. The Kier molecular flexibility index (Phi) is 4.56. The predicted octanol–water partition coefficient (Wildman–Crippen LogP) is 0.00560. The molecule has 10 heteroatoms. The molecule has 1 aliphatic rings. The van der Waals surface area contributed by atoms with Gasteiger partial charge in [-0.3, -0.25) is 14.9 Å². The van der Waals surface area contributed by atoms with Gasteiger partial charge in [-0.05, 0) is 13.3 Å². The van der Waals surface area contributed by atoms with Gasteiger partial charge in [0.05, 0.1) is 12.3 Å². The third kappa shape index (κ3) is 4.46. The third-order valence-electron chi connectivity index (χ3n) is 2.59. The maximum absolute atomic E-state index is 11.9. The van der Waals surface area contributed by atoms with Crippen LogP contribution in [0.1, 0.15) is 19.8 Å². The first kappa shape index (κ1) is 15.9. The molecule has 0 aromatic carbocycles. The van der Waals surface area contributed by atoms with Crippen LogP contribution in [0.25, 0.3) is 0 Å². The maximum Gasteiger partial charge on any atom is 0.389 e. The van der Waals surface area contributed by atoms with E-state index in [0.717, 1.165) is 0 Å². The van der Waals surface area contributed by atoms with Crippen molar-refractivity contribution in [2.45, 2.75) is 32.0 Å². The molecule has 0 radical (unpaired) electrons. The molecule has 1 saturated heterocycles. The SMILES string of the molecule is CC1C(=O)NC(=O)CN1S(=O)(=O)CCCC(F)(F)F. The minimum Gasteiger partial charge on any atom is -0.294 e. The Hall–Kier alpha value is -1.16. The molecule has 1 unspecified atom stereocenters. The lowest BCUT2D eigenvalue weighted by Gasteiger charge is -2.30. The number of hydrogen-bond donors (Lipinski definition) is 1. The number of halogens is 3. The summed E-state index contributed by atoms with van der Waals surface area (Å²) in [4.78, 5) is 22.4. The van der Waals surface area contributed by atoms with Gasteiger partial charge in [0.2, 0.25) is 21.8 Å². The van der Waals surface area contributed by atoms with Crippen molar-refractivity contribution in [3.63, 3.8) is 0 Å². The fourth-order valence-corrected chi connectivity index (χ4v) is 3.24. The van der Waals surface area contributed by atoms with Gasteiger partial charge in [0.15, 0.2) is 0 Å². The minimum absolute atomic E-state index is 0.554. The summed E-state index contributed by atoms with van der Waals surface area (Å²) in [5.41, 5.74) is 0. The van der Waals surface area contributed by atoms with Crippen molar-refractivity contribution in [3.8, 4) is 0 Å². The molecule has 0 saturated carbocycles. The second kappa shape index (κ2) is 5.45. The van der Waals surface area contributed by atoms with E-state index in [-0.39, 0.29) is 0 Å². The van der Waals surface area contributed by atoms with Crippen LogP contribution in [0.15, 0.2) is 0 Å². The number of sulfonamides is 1. The highest BCUT2D eigenvalue weighted by atomic mass is 32.2. The molecule has 0 bridgehead atoms. The lowest BCUT2D eigenvalue weighted by Crippen LogP contribution is -2.58. The number of hydrogen-bond acceptors (Lipinski definition) is 4. The Balaban J connectivity index is 2.71. The van der Waals surface area contributed by atoms with Gasteiger partial charge in [-0.25, -0.2) is 8.42 Å². The number of amides is 2. The van der Waals surface area contributed by atoms with E-state index in [1.807, 2.05) is 5.32 Å². The predicted molar refractivity (Wildman–Crippen MR) is 58.4 cm³/mol. The largest absolute Gasteiger partial charge is 0.389 e. The van der Waals surface area contributed by atoms with E-state index in [1.54, 1.807) is 0 Å². The van der Waals surface area contributed by atoms with Crippen LogP contribution in [-0.2, 0) is 19.6 Å². The number of nitrogens with zero attached hydrogens (tertiary/aromatic N) is 1. The van der Waals surface area contributed by atoms with Gasteiger partial charge >= 0.3 is 6.18 Å². The maximum atomic E-state index is 11.9. The van der Waals surface area contributed by atoms with Crippen molar-refractivity contribution in [1.82, 2.24) is 9.62 Å². The zero-order chi connectivity index (χ0) is 14.8. The highest BCUT2D eigenvalue weighted by Gasteiger charge is 2.38. The summed E-state index contributed by atoms with van der Waals surface area (Å²) in [5, 5.41) is 1.95.